The summed E-state index contributed by atoms with van der Waals surface area (Å²) in [6.07, 6.45) is 1.79. The topological polar surface area (TPSA) is 87.7 Å². The van der Waals surface area contributed by atoms with Gasteiger partial charge in [0.1, 0.15) is 22.4 Å². The molecule has 1 aliphatic heterocycles. The number of carbonyl (C=O) groups is 2. The number of hydrogen-bond donors (Lipinski definition) is 2. The van der Waals surface area contributed by atoms with Gasteiger partial charge in [0, 0.05) is 25.6 Å². The Kier molecular flexibility index (Phi) is 11.3. The molecule has 35 heavy (non-hydrogen) atoms. The number of rotatable bonds is 7. The van der Waals surface area contributed by atoms with Gasteiger partial charge in [-0.2, -0.15) is 0 Å². The van der Waals surface area contributed by atoms with Gasteiger partial charge in [0.05, 0.1) is 4.90 Å². The number of nitrogens with zero attached hydrogens (tertiary/aromatic N) is 1. The Morgan fingerprint density at radius 3 is 2.23 bits per heavy atom. The Morgan fingerprint density at radius 2 is 1.66 bits per heavy atom. The molecule has 0 spiro atoms. The monoisotopic (exact) mass is 505 g/mol. The summed E-state index contributed by atoms with van der Waals surface area (Å²) >= 11 is 0. The molecule has 1 saturated heterocycles. The van der Waals surface area contributed by atoms with Crippen molar-refractivity contribution in [1.82, 2.24) is 14.9 Å². The van der Waals surface area contributed by atoms with Gasteiger partial charge < -0.3 is 15.0 Å². The van der Waals surface area contributed by atoms with Crippen molar-refractivity contribution < 1.29 is 22.9 Å². The Balaban J connectivity index is 0.000000360. The largest absolute Gasteiger partial charge is 0.444 e. The Bertz CT molecular complexity index is 976. The fraction of sp³-hybridized carbons (Fsp3) is 0.462. The van der Waals surface area contributed by atoms with Gasteiger partial charge in [-0.3, -0.25) is 4.79 Å². The van der Waals surface area contributed by atoms with Crippen LogP contribution in [0.15, 0.2) is 59.5 Å². The average molecular weight is 506 g/mol. The minimum absolute atomic E-state index is 0.0186. The van der Waals surface area contributed by atoms with Crippen molar-refractivity contribution in [3.63, 3.8) is 0 Å². The van der Waals surface area contributed by atoms with E-state index in [-0.39, 0.29) is 24.6 Å². The first-order valence-corrected chi connectivity index (χ1v) is 12.9. The van der Waals surface area contributed by atoms with Crippen molar-refractivity contribution in [2.75, 3.05) is 20.1 Å². The van der Waals surface area contributed by atoms with E-state index in [0.717, 1.165) is 30.8 Å². The van der Waals surface area contributed by atoms with Crippen LogP contribution in [0.25, 0.3) is 0 Å². The Hall–Kier alpha value is -2.78. The molecule has 0 bridgehead atoms. The number of carbonyl (C=O) groups excluding carboxylic acids is 2. The van der Waals surface area contributed by atoms with Crippen LogP contribution in [0.1, 0.15) is 45.6 Å². The van der Waals surface area contributed by atoms with Crippen molar-refractivity contribution in [2.24, 2.45) is 0 Å². The van der Waals surface area contributed by atoms with Crippen LogP contribution in [0.3, 0.4) is 0 Å². The van der Waals surface area contributed by atoms with Crippen LogP contribution in [0, 0.1) is 5.82 Å². The number of alkyl carbamates (subject to hydrolysis) is 1. The zero-order chi connectivity index (χ0) is 25.8. The van der Waals surface area contributed by atoms with Crippen molar-refractivity contribution >= 4 is 23.0 Å². The second-order valence-electron chi connectivity index (χ2n) is 9.22. The molecule has 1 fully saturated rings. The lowest BCUT2D eigenvalue weighted by molar-refractivity contribution is -0.130. The molecule has 7 nitrogen and oxygen atoms in total. The summed E-state index contributed by atoms with van der Waals surface area (Å²) in [5, 5.41) is 2.73. The molecule has 2 aromatic carbocycles. The molecular formula is C26H36FN3O4S. The van der Waals surface area contributed by atoms with Gasteiger partial charge in [-0.1, -0.05) is 36.4 Å². The maximum Gasteiger partial charge on any atom is 0.407 e. The van der Waals surface area contributed by atoms with E-state index in [4.69, 9.17) is 4.74 Å². The van der Waals surface area contributed by atoms with Crippen LogP contribution in [0.5, 0.6) is 0 Å². The van der Waals surface area contributed by atoms with Crippen LogP contribution in [-0.2, 0) is 26.9 Å². The molecule has 0 radical (unpaired) electrons. The van der Waals surface area contributed by atoms with Gasteiger partial charge in [-0.25, -0.2) is 18.1 Å². The zero-order valence-corrected chi connectivity index (χ0v) is 21.7. The predicted octanol–water partition coefficient (Wildman–Crippen LogP) is 4.20. The molecule has 0 aliphatic carbocycles. The third kappa shape index (κ3) is 10.6. The molecular weight excluding hydrogens is 469 g/mol. The summed E-state index contributed by atoms with van der Waals surface area (Å²) in [5.74, 6) is -0.359. The highest BCUT2D eigenvalue weighted by atomic mass is 32.2. The van der Waals surface area contributed by atoms with Crippen LogP contribution in [-0.4, -0.2) is 52.9 Å². The van der Waals surface area contributed by atoms with E-state index >= 15 is 0 Å². The maximum absolute atomic E-state index is 14.0. The molecule has 2 amide bonds. The average Bonchev–Trinajstić information content (AvgIpc) is 3.35. The number of hydrogen-bond acceptors (Lipinski definition) is 4. The first-order valence-electron chi connectivity index (χ1n) is 11.7. The van der Waals surface area contributed by atoms with Crippen molar-refractivity contribution in [2.45, 2.75) is 63.0 Å². The Labute approximate surface area is 210 Å². The molecule has 0 aromatic heterocycles. The summed E-state index contributed by atoms with van der Waals surface area (Å²) in [7, 11) is 0.629. The predicted molar refractivity (Wildman–Crippen MR) is 136 cm³/mol. The summed E-state index contributed by atoms with van der Waals surface area (Å²) < 4.78 is 32.9. The van der Waals surface area contributed by atoms with Crippen LogP contribution >= 0.6 is 0 Å². The highest BCUT2D eigenvalue weighted by molar-refractivity contribution is 7.83. The lowest BCUT2D eigenvalue weighted by Gasteiger charge is -2.25. The minimum atomic E-state index is -1.04. The quantitative estimate of drug-likeness (QED) is 0.590. The molecule has 1 aliphatic rings. The van der Waals surface area contributed by atoms with Gasteiger partial charge in [-0.15, -0.1) is 0 Å². The van der Waals surface area contributed by atoms with Gasteiger partial charge in [0.25, 0.3) is 0 Å². The Morgan fingerprint density at radius 1 is 1.06 bits per heavy atom. The third-order valence-corrected chi connectivity index (χ3v) is 6.24. The van der Waals surface area contributed by atoms with E-state index in [1.165, 1.54) is 6.07 Å². The molecule has 9 heteroatoms. The van der Waals surface area contributed by atoms with E-state index in [9.17, 15) is 18.2 Å². The summed E-state index contributed by atoms with van der Waals surface area (Å²) in [5.41, 5.74) is -0.163. The van der Waals surface area contributed by atoms with E-state index < -0.39 is 28.7 Å². The number of benzene rings is 2. The molecule has 2 N–H and O–H groups in total. The summed E-state index contributed by atoms with van der Waals surface area (Å²) in [4.78, 5) is 27.1. The van der Waals surface area contributed by atoms with E-state index in [1.54, 1.807) is 50.9 Å². The maximum atomic E-state index is 14.0. The van der Waals surface area contributed by atoms with Crippen LogP contribution < -0.4 is 10.0 Å². The van der Waals surface area contributed by atoms with Gasteiger partial charge in [0.15, 0.2) is 0 Å². The molecule has 2 aromatic rings. The van der Waals surface area contributed by atoms with Gasteiger partial charge in [-0.05, 0) is 70.8 Å². The SMILES string of the molecule is CC(C)(C)OC(=O)NC(CC(=O)N1CCCC1)Cc1ccccc1F.CNS(=O)c1ccccc1. The second-order valence-corrected chi connectivity index (χ2v) is 10.6. The molecule has 192 valence electrons. The first-order chi connectivity index (χ1) is 16.6. The highest BCUT2D eigenvalue weighted by Crippen LogP contribution is 2.15. The normalized spacial score (nSPS) is 14.9. The van der Waals surface area contributed by atoms with E-state index in [0.29, 0.717) is 5.56 Å². The summed E-state index contributed by atoms with van der Waals surface area (Å²) in [6, 6.07) is 15.2. The standard InChI is InChI=1S/C19H27FN2O3.C7H9NOS/c1-19(2,3)25-18(24)21-15(12-14-8-4-5-9-16(14)20)13-17(23)22-10-6-7-11-22;1-8-10(9)7-5-3-2-4-6-7/h4-5,8-9,15H,6-7,10-13H2,1-3H3,(H,21,24);2-6,8H,1H3. The number of amides is 2. The van der Waals surface area contributed by atoms with Crippen molar-refractivity contribution in [1.29, 1.82) is 0 Å². The van der Waals surface area contributed by atoms with Crippen LogP contribution in [0.2, 0.25) is 0 Å². The second kappa shape index (κ2) is 13.9. The minimum Gasteiger partial charge on any atom is -0.444 e. The third-order valence-electron chi connectivity index (χ3n) is 5.17. The van der Waals surface area contributed by atoms with Crippen molar-refractivity contribution in [3.05, 3.63) is 66.0 Å². The first kappa shape index (κ1) is 28.5. The van der Waals surface area contributed by atoms with Gasteiger partial charge in [0.2, 0.25) is 5.91 Å². The van der Waals surface area contributed by atoms with Crippen LogP contribution in [0.4, 0.5) is 9.18 Å². The molecule has 1 heterocycles. The number of ether oxygens (including phenoxy) is 1. The zero-order valence-electron chi connectivity index (χ0n) is 20.9. The highest BCUT2D eigenvalue weighted by Gasteiger charge is 2.25. The number of likely N-dealkylation sites (tertiary alicyclic amines) is 1. The fourth-order valence-electron chi connectivity index (χ4n) is 3.55. The molecule has 2 atom stereocenters. The molecule has 0 saturated carbocycles. The number of halogens is 1. The fourth-order valence-corrected chi connectivity index (χ4v) is 4.19. The lowest BCUT2D eigenvalue weighted by Crippen LogP contribution is -2.43. The van der Waals surface area contributed by atoms with E-state index in [1.807, 2.05) is 30.3 Å². The summed E-state index contributed by atoms with van der Waals surface area (Å²) in [6.45, 7) is 6.81. The number of nitrogens with one attached hydrogen (secondary N) is 2. The van der Waals surface area contributed by atoms with Crippen molar-refractivity contribution in [3.8, 4) is 0 Å². The van der Waals surface area contributed by atoms with Gasteiger partial charge >= 0.3 is 6.09 Å². The molecule has 3 rings (SSSR count). The van der Waals surface area contributed by atoms with E-state index in [2.05, 4.69) is 10.0 Å². The molecule has 2 unspecified atom stereocenters. The lowest BCUT2D eigenvalue weighted by atomic mass is 10.0. The smallest absolute Gasteiger partial charge is 0.407 e.